The minimum atomic E-state index is -0.426. The van der Waals surface area contributed by atoms with Crippen LogP contribution in [0.5, 0.6) is 0 Å². The SMILES string of the molecule is CCc1c(C)sc(NC(=O)CN2CCN(Cc3ccc(F)cc3Cl)CC2)c1C(=O)OC. The van der Waals surface area contributed by atoms with Gasteiger partial charge in [-0.15, -0.1) is 11.3 Å². The highest BCUT2D eigenvalue weighted by molar-refractivity contribution is 7.16. The molecule has 1 fully saturated rings. The predicted molar refractivity (Wildman–Crippen MR) is 122 cm³/mol. The standard InChI is InChI=1S/C22H27ClFN3O3S/c1-4-17-14(2)31-21(20(17)22(29)30-3)25-19(28)13-27-9-7-26(8-10-27)12-15-5-6-16(24)11-18(15)23/h5-6,11H,4,7-10,12-13H2,1-3H3,(H,25,28). The van der Waals surface area contributed by atoms with Crippen LogP contribution in [0.15, 0.2) is 18.2 Å². The van der Waals surface area contributed by atoms with Gasteiger partial charge in [0.2, 0.25) is 5.91 Å². The molecule has 1 N–H and O–H groups in total. The average Bonchev–Trinajstić information content (AvgIpc) is 3.05. The Morgan fingerprint density at radius 3 is 2.52 bits per heavy atom. The summed E-state index contributed by atoms with van der Waals surface area (Å²) in [5.74, 6) is -0.916. The number of carbonyl (C=O) groups excluding carboxylic acids is 2. The number of nitrogens with zero attached hydrogens (tertiary/aromatic N) is 2. The second-order valence-electron chi connectivity index (χ2n) is 7.52. The fraction of sp³-hybridized carbons (Fsp3) is 0.455. The van der Waals surface area contributed by atoms with Crippen LogP contribution in [0.3, 0.4) is 0 Å². The van der Waals surface area contributed by atoms with E-state index in [9.17, 15) is 14.0 Å². The number of benzene rings is 1. The molecule has 0 unspecified atom stereocenters. The number of hydrogen-bond acceptors (Lipinski definition) is 6. The Morgan fingerprint density at radius 1 is 1.23 bits per heavy atom. The molecule has 1 aromatic carbocycles. The molecule has 1 aliphatic rings. The molecule has 3 rings (SSSR count). The van der Waals surface area contributed by atoms with Crippen LogP contribution >= 0.6 is 22.9 Å². The number of aryl methyl sites for hydroxylation is 1. The summed E-state index contributed by atoms with van der Waals surface area (Å²) < 4.78 is 18.1. The van der Waals surface area contributed by atoms with Crippen molar-refractivity contribution in [2.24, 2.45) is 0 Å². The minimum Gasteiger partial charge on any atom is -0.465 e. The molecule has 0 aliphatic carbocycles. The molecule has 2 heterocycles. The van der Waals surface area contributed by atoms with Gasteiger partial charge in [-0.1, -0.05) is 24.6 Å². The number of rotatable bonds is 7. The van der Waals surface area contributed by atoms with Crippen LogP contribution in [0.4, 0.5) is 9.39 Å². The smallest absolute Gasteiger partial charge is 0.341 e. The molecule has 31 heavy (non-hydrogen) atoms. The van der Waals surface area contributed by atoms with Gasteiger partial charge in [-0.05, 0) is 36.6 Å². The summed E-state index contributed by atoms with van der Waals surface area (Å²) in [6.45, 7) is 7.86. The van der Waals surface area contributed by atoms with Gasteiger partial charge < -0.3 is 10.1 Å². The van der Waals surface area contributed by atoms with Gasteiger partial charge in [0, 0.05) is 42.6 Å². The van der Waals surface area contributed by atoms with E-state index in [1.165, 1.54) is 30.6 Å². The number of esters is 1. The van der Waals surface area contributed by atoms with Crippen LogP contribution in [0, 0.1) is 12.7 Å². The first kappa shape index (κ1) is 23.7. The second kappa shape index (κ2) is 10.5. The predicted octanol–water partition coefficient (Wildman–Crippen LogP) is 3.95. The van der Waals surface area contributed by atoms with Crippen molar-refractivity contribution in [3.05, 3.63) is 50.6 Å². The maximum Gasteiger partial charge on any atom is 0.341 e. The third kappa shape index (κ3) is 5.83. The normalized spacial score (nSPS) is 15.1. The average molecular weight is 468 g/mol. The van der Waals surface area contributed by atoms with Crippen molar-refractivity contribution in [2.75, 3.05) is 45.2 Å². The molecule has 1 aliphatic heterocycles. The molecule has 168 valence electrons. The van der Waals surface area contributed by atoms with Crippen molar-refractivity contribution in [1.82, 2.24) is 9.80 Å². The van der Waals surface area contributed by atoms with E-state index in [-0.39, 0.29) is 18.3 Å². The molecule has 9 heteroatoms. The molecule has 2 aromatic rings. The lowest BCUT2D eigenvalue weighted by molar-refractivity contribution is -0.117. The Balaban J connectivity index is 1.54. The quantitative estimate of drug-likeness (QED) is 0.625. The molecule has 0 bridgehead atoms. The van der Waals surface area contributed by atoms with E-state index >= 15 is 0 Å². The van der Waals surface area contributed by atoms with Crippen LogP contribution in [0.1, 0.15) is 33.3 Å². The maximum atomic E-state index is 13.2. The number of hydrogen-bond donors (Lipinski definition) is 1. The van der Waals surface area contributed by atoms with Crippen molar-refractivity contribution in [3.8, 4) is 0 Å². The second-order valence-corrected chi connectivity index (χ2v) is 9.15. The summed E-state index contributed by atoms with van der Waals surface area (Å²) in [4.78, 5) is 30.2. The lowest BCUT2D eigenvalue weighted by Gasteiger charge is -2.34. The molecule has 0 saturated carbocycles. The van der Waals surface area contributed by atoms with Crippen molar-refractivity contribution in [3.63, 3.8) is 0 Å². The molecule has 0 atom stereocenters. The lowest BCUT2D eigenvalue weighted by atomic mass is 10.1. The topological polar surface area (TPSA) is 61.9 Å². The van der Waals surface area contributed by atoms with E-state index in [0.29, 0.717) is 28.6 Å². The summed E-state index contributed by atoms with van der Waals surface area (Å²) in [5.41, 5.74) is 2.27. The summed E-state index contributed by atoms with van der Waals surface area (Å²) >= 11 is 7.53. The lowest BCUT2D eigenvalue weighted by Crippen LogP contribution is -2.48. The fourth-order valence-corrected chi connectivity index (χ4v) is 5.15. The Morgan fingerprint density at radius 2 is 1.90 bits per heavy atom. The van der Waals surface area contributed by atoms with E-state index in [2.05, 4.69) is 15.1 Å². The minimum absolute atomic E-state index is 0.149. The van der Waals surface area contributed by atoms with E-state index in [4.69, 9.17) is 16.3 Å². The molecule has 6 nitrogen and oxygen atoms in total. The Kier molecular flexibility index (Phi) is 8.05. The van der Waals surface area contributed by atoms with E-state index in [1.54, 1.807) is 6.07 Å². The highest BCUT2D eigenvalue weighted by Gasteiger charge is 2.24. The van der Waals surface area contributed by atoms with Crippen LogP contribution in [-0.2, 0) is 22.5 Å². The summed E-state index contributed by atoms with van der Waals surface area (Å²) in [5, 5.41) is 3.89. The molecule has 0 radical (unpaired) electrons. The van der Waals surface area contributed by atoms with Crippen molar-refractivity contribution < 1.29 is 18.7 Å². The number of piperazine rings is 1. The van der Waals surface area contributed by atoms with Gasteiger partial charge in [0.15, 0.2) is 0 Å². The van der Waals surface area contributed by atoms with Crippen LogP contribution in [0.2, 0.25) is 5.02 Å². The van der Waals surface area contributed by atoms with Gasteiger partial charge in [-0.25, -0.2) is 9.18 Å². The number of methoxy groups -OCH3 is 1. The highest BCUT2D eigenvalue weighted by atomic mass is 35.5. The maximum absolute atomic E-state index is 13.2. The zero-order chi connectivity index (χ0) is 22.5. The van der Waals surface area contributed by atoms with Crippen molar-refractivity contribution >= 4 is 39.8 Å². The van der Waals surface area contributed by atoms with Gasteiger partial charge in [0.05, 0.1) is 19.2 Å². The van der Waals surface area contributed by atoms with Gasteiger partial charge in [0.1, 0.15) is 10.8 Å². The number of halogens is 2. The van der Waals surface area contributed by atoms with Crippen molar-refractivity contribution in [1.29, 1.82) is 0 Å². The summed E-state index contributed by atoms with van der Waals surface area (Å²) in [6, 6.07) is 4.46. The Hall–Kier alpha value is -2.00. The third-order valence-corrected chi connectivity index (χ3v) is 6.86. The number of ether oxygens (including phenoxy) is 1. The number of carbonyl (C=O) groups is 2. The molecular weight excluding hydrogens is 441 g/mol. The Labute approximate surface area is 190 Å². The number of nitrogens with one attached hydrogen (secondary N) is 1. The first-order valence-electron chi connectivity index (χ1n) is 10.2. The molecule has 0 spiro atoms. The van der Waals surface area contributed by atoms with Crippen LogP contribution in [-0.4, -0.2) is 61.5 Å². The first-order valence-corrected chi connectivity index (χ1v) is 11.4. The fourth-order valence-electron chi connectivity index (χ4n) is 3.78. The zero-order valence-corrected chi connectivity index (χ0v) is 19.5. The Bertz CT molecular complexity index is 958. The van der Waals surface area contributed by atoms with Crippen molar-refractivity contribution in [2.45, 2.75) is 26.8 Å². The number of thiophene rings is 1. The highest BCUT2D eigenvalue weighted by Crippen LogP contribution is 2.34. The molecular formula is C22H27ClFN3O3S. The summed E-state index contributed by atoms with van der Waals surface area (Å²) in [6.07, 6.45) is 0.697. The van der Waals surface area contributed by atoms with Gasteiger partial charge in [-0.3, -0.25) is 14.6 Å². The van der Waals surface area contributed by atoms with Gasteiger partial charge in [0.25, 0.3) is 0 Å². The molecule has 1 amide bonds. The largest absolute Gasteiger partial charge is 0.465 e. The molecule has 1 aromatic heterocycles. The number of amides is 1. The van der Waals surface area contributed by atoms with E-state index in [1.807, 2.05) is 13.8 Å². The van der Waals surface area contributed by atoms with Crippen LogP contribution in [0.25, 0.3) is 0 Å². The van der Waals surface area contributed by atoms with E-state index < -0.39 is 5.97 Å². The third-order valence-electron chi connectivity index (χ3n) is 5.45. The monoisotopic (exact) mass is 467 g/mol. The number of anilines is 1. The van der Waals surface area contributed by atoms with Gasteiger partial charge in [-0.2, -0.15) is 0 Å². The zero-order valence-electron chi connectivity index (χ0n) is 18.0. The summed E-state index contributed by atoms with van der Waals surface area (Å²) in [7, 11) is 1.35. The van der Waals surface area contributed by atoms with Crippen LogP contribution < -0.4 is 5.32 Å². The van der Waals surface area contributed by atoms with Gasteiger partial charge >= 0.3 is 5.97 Å². The molecule has 1 saturated heterocycles. The first-order chi connectivity index (χ1) is 14.8. The van der Waals surface area contributed by atoms with E-state index in [0.717, 1.165) is 42.2 Å².